The van der Waals surface area contributed by atoms with E-state index >= 15 is 0 Å². The average molecular weight is 441 g/mol. The highest BCUT2D eigenvalue weighted by molar-refractivity contribution is 6.74. The molecule has 1 fully saturated rings. The van der Waals surface area contributed by atoms with Gasteiger partial charge in [0.05, 0.1) is 24.4 Å². The van der Waals surface area contributed by atoms with E-state index in [1.165, 1.54) is 0 Å². The molecule has 4 atom stereocenters. The van der Waals surface area contributed by atoms with Crippen molar-refractivity contribution >= 4 is 16.6 Å². The molecule has 170 valence electrons. The third kappa shape index (κ3) is 6.89. The molecule has 0 aliphatic carbocycles. The van der Waals surface area contributed by atoms with Crippen LogP contribution in [0.5, 0.6) is 0 Å². The Kier molecular flexibility index (Phi) is 9.20. The fourth-order valence-electron chi connectivity index (χ4n) is 3.17. The van der Waals surface area contributed by atoms with Gasteiger partial charge >= 0.3 is 0 Å². The molecule has 3 nitrogen and oxygen atoms in total. The third-order valence-electron chi connectivity index (χ3n) is 7.18. The van der Waals surface area contributed by atoms with Gasteiger partial charge in [0.1, 0.15) is 0 Å². The molecule has 0 aromatic heterocycles. The quantitative estimate of drug-likeness (QED) is 0.200. The molecule has 0 bridgehead atoms. The molecule has 5 heteroatoms. The zero-order valence-electron chi connectivity index (χ0n) is 20.9. The summed E-state index contributed by atoms with van der Waals surface area (Å²) in [5, 5.41) is 0.297. The van der Waals surface area contributed by atoms with Gasteiger partial charge in [-0.15, -0.1) is 13.2 Å². The number of unbranched alkanes of at least 4 members (excludes halogenated alkanes) is 1. The van der Waals surface area contributed by atoms with E-state index in [0.29, 0.717) is 0 Å². The summed E-state index contributed by atoms with van der Waals surface area (Å²) in [6.45, 7) is 30.9. The molecular formula is C24H48O3Si2. The number of hydrogen-bond acceptors (Lipinski definition) is 3. The van der Waals surface area contributed by atoms with Gasteiger partial charge in [-0.1, -0.05) is 53.7 Å². The number of ether oxygens (including phenoxy) is 1. The van der Waals surface area contributed by atoms with Crippen molar-refractivity contribution in [2.45, 2.75) is 128 Å². The van der Waals surface area contributed by atoms with Crippen LogP contribution in [0, 0.1) is 0 Å². The fourth-order valence-corrected chi connectivity index (χ4v) is 5.81. The first kappa shape index (κ1) is 26.8. The zero-order chi connectivity index (χ0) is 22.7. The summed E-state index contributed by atoms with van der Waals surface area (Å²) >= 11 is 0. The lowest BCUT2D eigenvalue weighted by molar-refractivity contribution is 0.00714. The van der Waals surface area contributed by atoms with Crippen molar-refractivity contribution in [3.63, 3.8) is 0 Å². The number of rotatable bonds is 10. The van der Waals surface area contributed by atoms with E-state index in [4.69, 9.17) is 13.6 Å². The Morgan fingerprint density at radius 3 is 1.62 bits per heavy atom. The molecule has 0 aromatic carbocycles. The van der Waals surface area contributed by atoms with Gasteiger partial charge in [0.2, 0.25) is 0 Å². The van der Waals surface area contributed by atoms with Crippen molar-refractivity contribution in [3.8, 4) is 0 Å². The topological polar surface area (TPSA) is 27.7 Å². The lowest BCUT2D eigenvalue weighted by atomic mass is 10.0. The highest BCUT2D eigenvalue weighted by Gasteiger charge is 2.52. The maximum Gasteiger partial charge on any atom is 0.192 e. The molecule has 1 heterocycles. The van der Waals surface area contributed by atoms with Gasteiger partial charge in [0.15, 0.2) is 16.6 Å². The minimum absolute atomic E-state index is 0.0141. The lowest BCUT2D eigenvalue weighted by Crippen LogP contribution is -2.54. The normalized spacial score (nSPS) is 26.6. The van der Waals surface area contributed by atoms with Crippen molar-refractivity contribution in [1.82, 2.24) is 0 Å². The van der Waals surface area contributed by atoms with Gasteiger partial charge in [0, 0.05) is 0 Å². The second-order valence-corrected chi connectivity index (χ2v) is 21.2. The lowest BCUT2D eigenvalue weighted by Gasteiger charge is -2.44. The van der Waals surface area contributed by atoms with E-state index in [1.807, 2.05) is 12.2 Å². The van der Waals surface area contributed by atoms with Crippen molar-refractivity contribution in [3.05, 3.63) is 25.3 Å². The standard InChI is InChI=1S/C24H48O3Si2/c1-13-15-16-18-20-22(27-29(11,12)24(6,7)8)21(19(25-20)17-14-2)26-28(9,10)23(3,4)5/h13-14,19-22H,1-2,15-18H2,3-12H3/t19-,20+,21-,22-/m1/s1. The van der Waals surface area contributed by atoms with E-state index in [1.54, 1.807) is 0 Å². The van der Waals surface area contributed by atoms with Crippen LogP contribution in [0.4, 0.5) is 0 Å². The van der Waals surface area contributed by atoms with Crippen LogP contribution in [-0.4, -0.2) is 41.1 Å². The number of hydrogen-bond donors (Lipinski definition) is 0. The fraction of sp³-hybridized carbons (Fsp3) is 0.833. The first-order valence-electron chi connectivity index (χ1n) is 11.3. The molecule has 1 aliphatic rings. The minimum atomic E-state index is -1.97. The highest BCUT2D eigenvalue weighted by Crippen LogP contribution is 2.44. The summed E-state index contributed by atoms with van der Waals surface area (Å²) in [6, 6.07) is 0. The Morgan fingerprint density at radius 1 is 0.793 bits per heavy atom. The van der Waals surface area contributed by atoms with Crippen LogP contribution in [-0.2, 0) is 13.6 Å². The first-order valence-corrected chi connectivity index (χ1v) is 17.1. The van der Waals surface area contributed by atoms with Crippen LogP contribution in [0.2, 0.25) is 36.3 Å². The third-order valence-corrected chi connectivity index (χ3v) is 16.1. The highest BCUT2D eigenvalue weighted by atomic mass is 28.4. The molecule has 1 saturated heterocycles. The smallest absolute Gasteiger partial charge is 0.192 e. The molecular weight excluding hydrogens is 392 g/mol. The Morgan fingerprint density at radius 2 is 1.24 bits per heavy atom. The molecule has 1 rings (SSSR count). The van der Waals surface area contributed by atoms with Gasteiger partial charge in [-0.3, -0.25) is 0 Å². The van der Waals surface area contributed by atoms with Crippen molar-refractivity contribution < 1.29 is 13.6 Å². The first-order chi connectivity index (χ1) is 13.1. The van der Waals surface area contributed by atoms with E-state index in [9.17, 15) is 0 Å². The molecule has 0 amide bonds. The molecule has 0 saturated carbocycles. The summed E-state index contributed by atoms with van der Waals surface area (Å²) in [6.07, 6.45) is 7.85. The maximum atomic E-state index is 7.01. The van der Waals surface area contributed by atoms with Crippen LogP contribution in [0.25, 0.3) is 0 Å². The Labute approximate surface area is 183 Å². The molecule has 0 spiro atoms. The Balaban J connectivity index is 3.26. The summed E-state index contributed by atoms with van der Waals surface area (Å²) in [4.78, 5) is 0. The predicted molar refractivity (Wildman–Crippen MR) is 132 cm³/mol. The zero-order valence-corrected chi connectivity index (χ0v) is 22.9. The van der Waals surface area contributed by atoms with Gasteiger partial charge in [-0.2, -0.15) is 0 Å². The second-order valence-electron chi connectivity index (χ2n) is 11.6. The van der Waals surface area contributed by atoms with Crippen LogP contribution in [0.3, 0.4) is 0 Å². The van der Waals surface area contributed by atoms with E-state index in [2.05, 4.69) is 80.9 Å². The predicted octanol–water partition coefficient (Wildman–Crippen LogP) is 7.47. The van der Waals surface area contributed by atoms with E-state index in [-0.39, 0.29) is 34.5 Å². The second kappa shape index (κ2) is 9.94. The van der Waals surface area contributed by atoms with Crippen LogP contribution < -0.4 is 0 Å². The van der Waals surface area contributed by atoms with Gasteiger partial charge in [0.25, 0.3) is 0 Å². The Hall–Kier alpha value is -0.206. The van der Waals surface area contributed by atoms with Crippen molar-refractivity contribution in [2.75, 3.05) is 0 Å². The summed E-state index contributed by atoms with van der Waals surface area (Å²) < 4.78 is 20.6. The molecule has 0 aromatic rings. The molecule has 0 radical (unpaired) electrons. The minimum Gasteiger partial charge on any atom is -0.409 e. The van der Waals surface area contributed by atoms with E-state index < -0.39 is 16.6 Å². The van der Waals surface area contributed by atoms with Crippen LogP contribution in [0.1, 0.15) is 67.2 Å². The maximum absolute atomic E-state index is 7.01. The summed E-state index contributed by atoms with van der Waals surface area (Å²) in [5.74, 6) is 0. The van der Waals surface area contributed by atoms with Gasteiger partial charge in [-0.25, -0.2) is 0 Å². The molecule has 29 heavy (non-hydrogen) atoms. The largest absolute Gasteiger partial charge is 0.409 e. The van der Waals surface area contributed by atoms with Gasteiger partial charge < -0.3 is 13.6 Å². The molecule has 0 N–H and O–H groups in total. The SMILES string of the molecule is C=CCCC[C@@H]1O[C@H](CC=C)[C@@H](O[Si](C)(C)C(C)(C)C)[C@@H]1O[Si](C)(C)C(C)(C)C. The molecule has 1 aliphatic heterocycles. The number of allylic oxidation sites excluding steroid dienone is 1. The average Bonchev–Trinajstić information content (AvgIpc) is 2.82. The molecule has 0 unspecified atom stereocenters. The van der Waals surface area contributed by atoms with Crippen molar-refractivity contribution in [2.24, 2.45) is 0 Å². The van der Waals surface area contributed by atoms with Crippen LogP contribution in [0.15, 0.2) is 25.3 Å². The summed E-state index contributed by atoms with van der Waals surface area (Å²) in [7, 11) is -3.93. The summed E-state index contributed by atoms with van der Waals surface area (Å²) in [5.41, 5.74) is 0. The van der Waals surface area contributed by atoms with E-state index in [0.717, 1.165) is 25.7 Å². The van der Waals surface area contributed by atoms with Crippen LogP contribution >= 0.6 is 0 Å². The van der Waals surface area contributed by atoms with Crippen molar-refractivity contribution in [1.29, 1.82) is 0 Å². The van der Waals surface area contributed by atoms with Gasteiger partial charge in [-0.05, 0) is 61.9 Å². The Bertz CT molecular complexity index is 543. The monoisotopic (exact) mass is 440 g/mol.